The normalized spacial score (nSPS) is 20.1. The predicted molar refractivity (Wildman–Crippen MR) is 64.8 cm³/mol. The minimum atomic E-state index is 0.705. The van der Waals surface area contributed by atoms with Crippen LogP contribution in [-0.4, -0.2) is 31.7 Å². The average Bonchev–Trinajstić information content (AvgIpc) is 2.78. The second kappa shape index (κ2) is 5.16. The van der Waals surface area contributed by atoms with Gasteiger partial charge >= 0.3 is 0 Å². The minimum Gasteiger partial charge on any atom is -0.493 e. The maximum Gasteiger partial charge on any atom is 0.171 e. The van der Waals surface area contributed by atoms with Crippen molar-refractivity contribution < 1.29 is 4.74 Å². The number of aromatic nitrogens is 1. The van der Waals surface area contributed by atoms with E-state index in [1.165, 1.54) is 6.42 Å². The Labute approximate surface area is 96.4 Å². The third-order valence-corrected chi connectivity index (χ3v) is 3.13. The Morgan fingerprint density at radius 2 is 2.50 bits per heavy atom. The highest BCUT2D eigenvalue weighted by Crippen LogP contribution is 2.30. The standard InChI is InChI=1S/C12H19N3O/c1-16-11-3-2-7-14-12(11)15-8-5-10(9-15)4-6-13/h2-3,7,10H,4-6,8-9,13H2,1H3. The zero-order chi connectivity index (χ0) is 11.4. The molecule has 1 aromatic heterocycles. The first-order valence-electron chi connectivity index (χ1n) is 5.79. The second-order valence-corrected chi connectivity index (χ2v) is 4.21. The molecule has 88 valence electrons. The number of hydrogen-bond acceptors (Lipinski definition) is 4. The van der Waals surface area contributed by atoms with Gasteiger partial charge in [0.15, 0.2) is 11.6 Å². The summed E-state index contributed by atoms with van der Waals surface area (Å²) < 4.78 is 5.32. The van der Waals surface area contributed by atoms with Crippen molar-refractivity contribution in [3.05, 3.63) is 18.3 Å². The van der Waals surface area contributed by atoms with Gasteiger partial charge in [0, 0.05) is 19.3 Å². The van der Waals surface area contributed by atoms with E-state index >= 15 is 0 Å². The van der Waals surface area contributed by atoms with E-state index in [4.69, 9.17) is 10.5 Å². The SMILES string of the molecule is COc1cccnc1N1CCC(CCN)C1. The molecule has 2 rings (SSSR count). The number of pyridine rings is 1. The van der Waals surface area contributed by atoms with E-state index in [0.717, 1.165) is 37.6 Å². The van der Waals surface area contributed by atoms with Gasteiger partial charge in [-0.05, 0) is 37.4 Å². The highest BCUT2D eigenvalue weighted by atomic mass is 16.5. The summed E-state index contributed by atoms with van der Waals surface area (Å²) in [5, 5.41) is 0. The molecule has 0 radical (unpaired) electrons. The molecule has 4 heteroatoms. The fourth-order valence-corrected chi connectivity index (χ4v) is 2.28. The summed E-state index contributed by atoms with van der Waals surface area (Å²) in [6, 6.07) is 3.86. The van der Waals surface area contributed by atoms with Crippen molar-refractivity contribution in [1.29, 1.82) is 0 Å². The van der Waals surface area contributed by atoms with Crippen molar-refractivity contribution in [2.24, 2.45) is 11.7 Å². The van der Waals surface area contributed by atoms with Crippen LogP contribution in [0.3, 0.4) is 0 Å². The van der Waals surface area contributed by atoms with Gasteiger partial charge in [0.25, 0.3) is 0 Å². The smallest absolute Gasteiger partial charge is 0.171 e. The van der Waals surface area contributed by atoms with Gasteiger partial charge in [0.1, 0.15) is 0 Å². The van der Waals surface area contributed by atoms with Crippen molar-refractivity contribution in [3.63, 3.8) is 0 Å². The molecule has 1 aliphatic heterocycles. The van der Waals surface area contributed by atoms with Crippen LogP contribution in [-0.2, 0) is 0 Å². The third kappa shape index (κ3) is 2.27. The molecule has 0 saturated carbocycles. The maximum atomic E-state index is 5.59. The molecule has 1 aromatic rings. The molecule has 0 spiro atoms. The minimum absolute atomic E-state index is 0.705. The van der Waals surface area contributed by atoms with E-state index in [1.54, 1.807) is 7.11 Å². The van der Waals surface area contributed by atoms with Gasteiger partial charge < -0.3 is 15.4 Å². The van der Waals surface area contributed by atoms with Gasteiger partial charge in [-0.25, -0.2) is 4.98 Å². The van der Waals surface area contributed by atoms with E-state index in [2.05, 4.69) is 9.88 Å². The Morgan fingerprint density at radius 3 is 3.25 bits per heavy atom. The first kappa shape index (κ1) is 11.2. The van der Waals surface area contributed by atoms with Gasteiger partial charge in [-0.2, -0.15) is 0 Å². The van der Waals surface area contributed by atoms with Crippen LogP contribution in [0.1, 0.15) is 12.8 Å². The summed E-state index contributed by atoms with van der Waals surface area (Å²) in [5.74, 6) is 2.53. The van der Waals surface area contributed by atoms with E-state index in [9.17, 15) is 0 Å². The third-order valence-electron chi connectivity index (χ3n) is 3.13. The van der Waals surface area contributed by atoms with E-state index in [0.29, 0.717) is 5.92 Å². The molecule has 2 heterocycles. The number of anilines is 1. The fourth-order valence-electron chi connectivity index (χ4n) is 2.28. The molecule has 16 heavy (non-hydrogen) atoms. The van der Waals surface area contributed by atoms with Crippen molar-refractivity contribution in [1.82, 2.24) is 4.98 Å². The van der Waals surface area contributed by atoms with Crippen molar-refractivity contribution in [2.75, 3.05) is 31.6 Å². The fraction of sp³-hybridized carbons (Fsp3) is 0.583. The summed E-state index contributed by atoms with van der Waals surface area (Å²) in [6.45, 7) is 2.88. The molecule has 0 aliphatic carbocycles. The van der Waals surface area contributed by atoms with Crippen LogP contribution < -0.4 is 15.4 Å². The van der Waals surface area contributed by atoms with Crippen LogP contribution in [0.2, 0.25) is 0 Å². The highest BCUT2D eigenvalue weighted by molar-refractivity contribution is 5.52. The molecular weight excluding hydrogens is 202 g/mol. The molecule has 1 unspecified atom stereocenters. The number of methoxy groups -OCH3 is 1. The quantitative estimate of drug-likeness (QED) is 0.831. The molecule has 2 N–H and O–H groups in total. The van der Waals surface area contributed by atoms with Crippen molar-refractivity contribution >= 4 is 5.82 Å². The van der Waals surface area contributed by atoms with Crippen molar-refractivity contribution in [3.8, 4) is 5.75 Å². The topological polar surface area (TPSA) is 51.4 Å². The summed E-state index contributed by atoms with van der Waals surface area (Å²) >= 11 is 0. The lowest BCUT2D eigenvalue weighted by Crippen LogP contribution is -2.22. The second-order valence-electron chi connectivity index (χ2n) is 4.21. The Hall–Kier alpha value is -1.29. The van der Waals surface area contributed by atoms with E-state index < -0.39 is 0 Å². The lowest BCUT2D eigenvalue weighted by molar-refractivity contribution is 0.412. The van der Waals surface area contributed by atoms with Crippen LogP contribution in [0.4, 0.5) is 5.82 Å². The maximum absolute atomic E-state index is 5.59. The zero-order valence-corrected chi connectivity index (χ0v) is 9.72. The monoisotopic (exact) mass is 221 g/mol. The van der Waals surface area contributed by atoms with Crippen LogP contribution in [0.15, 0.2) is 18.3 Å². The number of nitrogens with two attached hydrogens (primary N) is 1. The molecule has 1 atom stereocenters. The van der Waals surface area contributed by atoms with E-state index in [1.807, 2.05) is 18.3 Å². The highest BCUT2D eigenvalue weighted by Gasteiger charge is 2.24. The van der Waals surface area contributed by atoms with Crippen LogP contribution in [0.25, 0.3) is 0 Å². The first-order chi connectivity index (χ1) is 7.85. The van der Waals surface area contributed by atoms with Crippen LogP contribution in [0, 0.1) is 5.92 Å². The molecular formula is C12H19N3O. The van der Waals surface area contributed by atoms with Gasteiger partial charge in [-0.1, -0.05) is 0 Å². The summed E-state index contributed by atoms with van der Waals surface area (Å²) in [5.41, 5.74) is 5.59. The molecule has 1 saturated heterocycles. The molecule has 0 bridgehead atoms. The molecule has 0 aromatic carbocycles. The van der Waals surface area contributed by atoms with Crippen LogP contribution in [0.5, 0.6) is 5.75 Å². The molecule has 0 amide bonds. The number of hydrogen-bond donors (Lipinski definition) is 1. The average molecular weight is 221 g/mol. The Kier molecular flexibility index (Phi) is 3.62. The Morgan fingerprint density at radius 1 is 1.62 bits per heavy atom. The number of ether oxygens (including phenoxy) is 1. The summed E-state index contributed by atoms with van der Waals surface area (Å²) in [6.07, 6.45) is 4.12. The Bertz CT molecular complexity index is 343. The molecule has 1 fully saturated rings. The van der Waals surface area contributed by atoms with Gasteiger partial charge in [-0.3, -0.25) is 0 Å². The zero-order valence-electron chi connectivity index (χ0n) is 9.72. The van der Waals surface area contributed by atoms with Gasteiger partial charge in [0.05, 0.1) is 7.11 Å². The molecule has 1 aliphatic rings. The summed E-state index contributed by atoms with van der Waals surface area (Å²) in [4.78, 5) is 6.69. The Balaban J connectivity index is 2.08. The first-order valence-corrected chi connectivity index (χ1v) is 5.79. The van der Waals surface area contributed by atoms with E-state index in [-0.39, 0.29) is 0 Å². The van der Waals surface area contributed by atoms with Gasteiger partial charge in [0.2, 0.25) is 0 Å². The number of rotatable bonds is 4. The van der Waals surface area contributed by atoms with Crippen molar-refractivity contribution in [2.45, 2.75) is 12.8 Å². The predicted octanol–water partition coefficient (Wildman–Crippen LogP) is 1.27. The van der Waals surface area contributed by atoms with Crippen LogP contribution >= 0.6 is 0 Å². The molecule has 4 nitrogen and oxygen atoms in total. The lowest BCUT2D eigenvalue weighted by atomic mass is 10.1. The van der Waals surface area contributed by atoms with Gasteiger partial charge in [-0.15, -0.1) is 0 Å². The largest absolute Gasteiger partial charge is 0.493 e. The lowest BCUT2D eigenvalue weighted by Gasteiger charge is -2.19. The summed E-state index contributed by atoms with van der Waals surface area (Å²) in [7, 11) is 1.69. The number of nitrogens with zero attached hydrogens (tertiary/aromatic N) is 2.